The molecule has 4 aromatic carbocycles. The molecule has 5 rings (SSSR count). The number of benzene rings is 4. The first kappa shape index (κ1) is 27.5. The lowest BCUT2D eigenvalue weighted by Gasteiger charge is -2.18. The van der Waals surface area contributed by atoms with Gasteiger partial charge in [-0.25, -0.2) is 0 Å². The van der Waals surface area contributed by atoms with Crippen LogP contribution >= 0.6 is 0 Å². The number of rotatable bonds is 2. The van der Waals surface area contributed by atoms with Gasteiger partial charge in [0.1, 0.15) is 23.0 Å². The predicted molar refractivity (Wildman–Crippen MR) is 143 cm³/mol. The molecule has 8 bridgehead atoms. The van der Waals surface area contributed by atoms with Crippen molar-refractivity contribution < 1.29 is 46.4 Å². The van der Waals surface area contributed by atoms with Crippen LogP contribution in [0.25, 0.3) is 0 Å². The molecule has 12 heteroatoms. The first-order chi connectivity index (χ1) is 18.7. The normalized spacial score (nSPS) is 13.7. The average Bonchev–Trinajstić information content (AvgIpc) is 2.86. The van der Waals surface area contributed by atoms with Crippen LogP contribution in [0.1, 0.15) is 44.5 Å². The zero-order valence-electron chi connectivity index (χ0n) is 20.7. The number of fused-ring (bicyclic) bond motifs is 8. The largest absolute Gasteiger partial charge is 0.507 e. The van der Waals surface area contributed by atoms with Gasteiger partial charge in [0.05, 0.1) is 9.79 Å². The Morgan fingerprint density at radius 2 is 0.650 bits per heavy atom. The molecule has 0 aromatic heterocycles. The molecule has 0 heterocycles. The van der Waals surface area contributed by atoms with Gasteiger partial charge in [0.15, 0.2) is 0 Å². The van der Waals surface area contributed by atoms with E-state index in [1.807, 2.05) is 0 Å². The number of phenols is 4. The Kier molecular flexibility index (Phi) is 6.74. The molecule has 4 aromatic rings. The number of hydrogen-bond acceptors (Lipinski definition) is 8. The fourth-order valence-corrected chi connectivity index (χ4v) is 6.14. The summed E-state index contributed by atoms with van der Waals surface area (Å²) in [5.74, 6) is -1.05. The van der Waals surface area contributed by atoms with Gasteiger partial charge >= 0.3 is 0 Å². The second-order valence-electron chi connectivity index (χ2n) is 9.69. The fourth-order valence-electron chi connectivity index (χ4n) is 4.97. The van der Waals surface area contributed by atoms with Gasteiger partial charge in [-0.15, -0.1) is 0 Å². The topological polar surface area (TPSA) is 190 Å². The highest BCUT2D eigenvalue weighted by molar-refractivity contribution is 7.86. The van der Waals surface area contributed by atoms with Crippen molar-refractivity contribution in [1.29, 1.82) is 0 Å². The summed E-state index contributed by atoms with van der Waals surface area (Å²) >= 11 is 0. The van der Waals surface area contributed by atoms with E-state index < -0.39 is 47.9 Å². The van der Waals surface area contributed by atoms with Gasteiger partial charge in [-0.1, -0.05) is 36.4 Å². The Morgan fingerprint density at radius 1 is 0.425 bits per heavy atom. The molecule has 0 atom stereocenters. The highest BCUT2D eigenvalue weighted by atomic mass is 32.2. The van der Waals surface area contributed by atoms with Gasteiger partial charge in [-0.3, -0.25) is 9.11 Å². The summed E-state index contributed by atoms with van der Waals surface area (Å²) in [6.07, 6.45) is -0.626. The van der Waals surface area contributed by atoms with Crippen molar-refractivity contribution >= 4 is 20.2 Å². The monoisotopic (exact) mass is 584 g/mol. The fraction of sp³-hybridized carbons (Fsp3) is 0.143. The zero-order valence-corrected chi connectivity index (χ0v) is 22.4. The van der Waals surface area contributed by atoms with E-state index in [1.54, 1.807) is 36.4 Å². The summed E-state index contributed by atoms with van der Waals surface area (Å²) in [4.78, 5) is -1.12. The molecule has 1 aliphatic rings. The van der Waals surface area contributed by atoms with Crippen LogP contribution in [0, 0.1) is 0 Å². The Morgan fingerprint density at radius 3 is 0.925 bits per heavy atom. The number of hydrogen-bond donors (Lipinski definition) is 6. The van der Waals surface area contributed by atoms with Crippen molar-refractivity contribution in [3.63, 3.8) is 0 Å². The minimum absolute atomic E-state index is 0.0279. The van der Waals surface area contributed by atoms with Gasteiger partial charge in [0, 0.05) is 47.9 Å². The average molecular weight is 585 g/mol. The van der Waals surface area contributed by atoms with E-state index in [9.17, 15) is 46.4 Å². The van der Waals surface area contributed by atoms with Crippen LogP contribution in [0.3, 0.4) is 0 Å². The van der Waals surface area contributed by atoms with E-state index in [2.05, 4.69) is 0 Å². The van der Waals surface area contributed by atoms with Crippen LogP contribution < -0.4 is 0 Å². The third-order valence-electron chi connectivity index (χ3n) is 7.01. The Balaban J connectivity index is 1.83. The van der Waals surface area contributed by atoms with Crippen molar-refractivity contribution in [2.75, 3.05) is 0 Å². The van der Waals surface area contributed by atoms with Crippen LogP contribution in [-0.2, 0) is 45.9 Å². The minimum Gasteiger partial charge on any atom is -0.507 e. The second kappa shape index (κ2) is 9.82. The molecule has 0 amide bonds. The third-order valence-corrected chi connectivity index (χ3v) is 8.67. The molecule has 0 spiro atoms. The summed E-state index contributed by atoms with van der Waals surface area (Å²) in [6, 6.07) is 13.8. The molecule has 0 saturated heterocycles. The van der Waals surface area contributed by atoms with Gasteiger partial charge in [0.25, 0.3) is 20.2 Å². The van der Waals surface area contributed by atoms with Crippen LogP contribution in [0.4, 0.5) is 0 Å². The summed E-state index contributed by atoms with van der Waals surface area (Å²) in [6.45, 7) is 0. The molecule has 0 saturated carbocycles. The van der Waals surface area contributed by atoms with E-state index in [0.717, 1.165) is 24.3 Å². The van der Waals surface area contributed by atoms with Crippen molar-refractivity contribution in [2.45, 2.75) is 35.5 Å². The van der Waals surface area contributed by atoms with Crippen molar-refractivity contribution in [3.8, 4) is 23.0 Å². The number of para-hydroxylation sites is 2. The third kappa shape index (κ3) is 5.21. The Hall–Kier alpha value is -4.10. The Bertz CT molecular complexity index is 1760. The molecule has 0 fully saturated rings. The van der Waals surface area contributed by atoms with E-state index in [-0.39, 0.29) is 53.0 Å². The highest BCUT2D eigenvalue weighted by Crippen LogP contribution is 2.39. The van der Waals surface area contributed by atoms with Crippen molar-refractivity contribution in [1.82, 2.24) is 0 Å². The molecule has 1 aliphatic carbocycles. The molecule has 208 valence electrons. The second-order valence-corrected chi connectivity index (χ2v) is 12.5. The SMILES string of the molecule is O=S(=O)(O)c1cc2c(O)c(c1)Cc1cc(S(=O)(=O)O)cc(c1O)Cc1cccc(c1O)Cc1cccc(c1O)C2. The van der Waals surface area contributed by atoms with Crippen LogP contribution in [-0.4, -0.2) is 46.4 Å². The maximum atomic E-state index is 12.1. The van der Waals surface area contributed by atoms with Crippen molar-refractivity contribution in [3.05, 3.63) is 105 Å². The molecule has 0 unspecified atom stereocenters. The molecule has 6 N–H and O–H groups in total. The first-order valence-corrected chi connectivity index (χ1v) is 14.8. The number of aromatic hydroxyl groups is 4. The van der Waals surface area contributed by atoms with Crippen LogP contribution in [0.5, 0.6) is 23.0 Å². The molecule has 10 nitrogen and oxygen atoms in total. The molecule has 0 radical (unpaired) electrons. The van der Waals surface area contributed by atoms with Crippen LogP contribution in [0.15, 0.2) is 70.5 Å². The zero-order chi connectivity index (χ0) is 29.0. The van der Waals surface area contributed by atoms with Gasteiger partial charge < -0.3 is 20.4 Å². The minimum atomic E-state index is -4.76. The summed E-state index contributed by atoms with van der Waals surface area (Å²) in [7, 11) is -9.52. The maximum absolute atomic E-state index is 12.1. The molecular formula is C28H24O10S2. The lowest BCUT2D eigenvalue weighted by Crippen LogP contribution is -2.06. The van der Waals surface area contributed by atoms with E-state index in [4.69, 9.17) is 0 Å². The smallest absolute Gasteiger partial charge is 0.294 e. The predicted octanol–water partition coefficient (Wildman–Crippen LogP) is 3.68. The quantitative estimate of drug-likeness (QED) is 0.167. The lowest BCUT2D eigenvalue weighted by molar-refractivity contribution is 0.449. The van der Waals surface area contributed by atoms with Gasteiger partial charge in [-0.05, 0) is 46.5 Å². The van der Waals surface area contributed by atoms with Gasteiger partial charge in [-0.2, -0.15) is 16.8 Å². The van der Waals surface area contributed by atoms with Gasteiger partial charge in [0.2, 0.25) is 0 Å². The highest BCUT2D eigenvalue weighted by Gasteiger charge is 2.24. The Labute approximate surface area is 229 Å². The number of phenolic OH excluding ortho intramolecular Hbond substituents is 4. The van der Waals surface area contributed by atoms with Crippen molar-refractivity contribution in [2.24, 2.45) is 0 Å². The van der Waals surface area contributed by atoms with E-state index in [1.165, 1.54) is 0 Å². The summed E-state index contributed by atoms with van der Waals surface area (Å²) in [5.41, 5.74) is 1.42. The molecule has 0 aliphatic heterocycles. The van der Waals surface area contributed by atoms with E-state index in [0.29, 0.717) is 22.3 Å². The first-order valence-electron chi connectivity index (χ1n) is 12.0. The molecular weight excluding hydrogens is 560 g/mol. The maximum Gasteiger partial charge on any atom is 0.294 e. The summed E-state index contributed by atoms with van der Waals surface area (Å²) < 4.78 is 67.9. The lowest BCUT2D eigenvalue weighted by atomic mass is 9.91. The summed E-state index contributed by atoms with van der Waals surface area (Å²) in [5, 5.41) is 44.3. The standard InChI is InChI=1S/C28H24O10S2/c29-25-15-3-1-5-17(25)8-19-11-23(39(33,34)35)13-21(27(19)31)10-22-14-24(40(36,37)38)12-20(28(22)32)9-18-6-2-4-16(7-15)26(18)30/h1-6,11-14,29-32H,7-10H2,(H,33,34,35)(H,36,37,38). The van der Waals surface area contributed by atoms with Crippen LogP contribution in [0.2, 0.25) is 0 Å². The molecule has 40 heavy (non-hydrogen) atoms. The van der Waals surface area contributed by atoms with E-state index >= 15 is 0 Å².